The van der Waals surface area contributed by atoms with E-state index in [9.17, 15) is 14.4 Å². The number of carbonyl (C=O) groups is 3. The summed E-state index contributed by atoms with van der Waals surface area (Å²) >= 11 is 0. The van der Waals surface area contributed by atoms with Crippen LogP contribution in [0.15, 0.2) is 24.3 Å². The Morgan fingerprint density at radius 3 is 2.33 bits per heavy atom. The molecule has 1 unspecified atom stereocenters. The maximum Gasteiger partial charge on any atom is 0.326 e. The number of ether oxygens (including phenoxy) is 1. The predicted molar refractivity (Wildman–Crippen MR) is 72.6 cm³/mol. The highest BCUT2D eigenvalue weighted by Gasteiger charge is 2.20. The minimum Gasteiger partial charge on any atom is -0.508 e. The fourth-order valence-electron chi connectivity index (χ4n) is 1.65. The smallest absolute Gasteiger partial charge is 0.326 e. The van der Waals surface area contributed by atoms with E-state index in [1.807, 2.05) is 0 Å². The molecule has 0 heterocycles. The molecule has 0 saturated carbocycles. The summed E-state index contributed by atoms with van der Waals surface area (Å²) in [6.45, 7) is 0. The third kappa shape index (κ3) is 5.94. The second-order valence-electron chi connectivity index (χ2n) is 4.41. The van der Waals surface area contributed by atoms with Crippen LogP contribution in [-0.4, -0.2) is 41.2 Å². The summed E-state index contributed by atoms with van der Waals surface area (Å²) in [7, 11) is 1.21. The fourth-order valence-corrected chi connectivity index (χ4v) is 1.65. The molecule has 0 aliphatic carbocycles. The molecule has 1 atom stereocenters. The highest BCUT2D eigenvalue weighted by Crippen LogP contribution is 2.11. The molecule has 3 N–H and O–H groups in total. The first kappa shape index (κ1) is 16.5. The van der Waals surface area contributed by atoms with Gasteiger partial charge in [-0.2, -0.15) is 0 Å². The number of carboxylic acids is 1. The van der Waals surface area contributed by atoms with Crippen LogP contribution in [0, 0.1) is 0 Å². The number of carboxylic acid groups (broad SMARTS) is 1. The molecule has 0 saturated heterocycles. The van der Waals surface area contributed by atoms with Crippen molar-refractivity contribution in [1.82, 2.24) is 5.32 Å². The average Bonchev–Trinajstić information content (AvgIpc) is 2.46. The summed E-state index contributed by atoms with van der Waals surface area (Å²) in [5.41, 5.74) is 0.661. The van der Waals surface area contributed by atoms with Crippen molar-refractivity contribution in [2.45, 2.75) is 25.3 Å². The monoisotopic (exact) mass is 295 g/mol. The van der Waals surface area contributed by atoms with Gasteiger partial charge in [0.25, 0.3) is 0 Å². The van der Waals surface area contributed by atoms with Crippen molar-refractivity contribution >= 4 is 17.8 Å². The summed E-state index contributed by atoms with van der Waals surface area (Å²) in [6, 6.07) is 4.93. The second-order valence-corrected chi connectivity index (χ2v) is 4.41. The Morgan fingerprint density at radius 2 is 1.81 bits per heavy atom. The van der Waals surface area contributed by atoms with Crippen LogP contribution in [0.2, 0.25) is 0 Å². The van der Waals surface area contributed by atoms with Gasteiger partial charge in [0.05, 0.1) is 13.5 Å². The molecule has 0 aliphatic rings. The molecule has 1 aromatic rings. The SMILES string of the molecule is COC(=O)CCC(=O)NC(Cc1ccc(O)cc1)C(=O)O. The number of benzene rings is 1. The van der Waals surface area contributed by atoms with Gasteiger partial charge in [-0.1, -0.05) is 12.1 Å². The van der Waals surface area contributed by atoms with Crippen molar-refractivity contribution in [2.24, 2.45) is 0 Å². The Hall–Kier alpha value is -2.57. The molecule has 0 aromatic heterocycles. The molecule has 114 valence electrons. The summed E-state index contributed by atoms with van der Waals surface area (Å²) in [5, 5.41) is 20.6. The largest absolute Gasteiger partial charge is 0.508 e. The van der Waals surface area contributed by atoms with Gasteiger partial charge in [0.1, 0.15) is 11.8 Å². The lowest BCUT2D eigenvalue weighted by Gasteiger charge is -2.14. The van der Waals surface area contributed by atoms with Crippen LogP contribution in [0.4, 0.5) is 0 Å². The Kier molecular flexibility index (Phi) is 6.19. The Morgan fingerprint density at radius 1 is 1.19 bits per heavy atom. The van der Waals surface area contributed by atoms with E-state index in [0.717, 1.165) is 0 Å². The lowest BCUT2D eigenvalue weighted by atomic mass is 10.1. The third-order valence-corrected chi connectivity index (χ3v) is 2.79. The van der Waals surface area contributed by atoms with Gasteiger partial charge < -0.3 is 20.3 Å². The molecule has 0 aliphatic heterocycles. The van der Waals surface area contributed by atoms with Gasteiger partial charge in [0.2, 0.25) is 5.91 Å². The molecule has 1 aromatic carbocycles. The molecule has 0 radical (unpaired) electrons. The molecule has 7 heteroatoms. The molecular weight excluding hydrogens is 278 g/mol. The number of methoxy groups -OCH3 is 1. The first-order valence-corrected chi connectivity index (χ1v) is 6.29. The van der Waals surface area contributed by atoms with Crippen LogP contribution < -0.4 is 5.32 Å². The van der Waals surface area contributed by atoms with E-state index < -0.39 is 23.9 Å². The molecule has 7 nitrogen and oxygen atoms in total. The van der Waals surface area contributed by atoms with E-state index in [-0.39, 0.29) is 25.0 Å². The van der Waals surface area contributed by atoms with Gasteiger partial charge in [0.15, 0.2) is 0 Å². The van der Waals surface area contributed by atoms with E-state index >= 15 is 0 Å². The van der Waals surface area contributed by atoms with E-state index in [2.05, 4.69) is 10.1 Å². The van der Waals surface area contributed by atoms with Gasteiger partial charge in [-0.3, -0.25) is 9.59 Å². The minimum absolute atomic E-state index is 0.0766. The van der Waals surface area contributed by atoms with Gasteiger partial charge >= 0.3 is 11.9 Å². The lowest BCUT2D eigenvalue weighted by Crippen LogP contribution is -2.42. The highest BCUT2D eigenvalue weighted by molar-refractivity contribution is 5.85. The highest BCUT2D eigenvalue weighted by atomic mass is 16.5. The van der Waals surface area contributed by atoms with Crippen molar-refractivity contribution in [3.63, 3.8) is 0 Å². The zero-order valence-electron chi connectivity index (χ0n) is 11.5. The number of phenolic OH excluding ortho intramolecular Hbond substituents is 1. The standard InChI is InChI=1S/C14H17NO6/c1-21-13(18)7-6-12(17)15-11(14(19)20)8-9-2-4-10(16)5-3-9/h2-5,11,16H,6-8H2,1H3,(H,15,17)(H,19,20). The third-order valence-electron chi connectivity index (χ3n) is 2.79. The van der Waals surface area contributed by atoms with Crippen molar-refractivity contribution in [3.8, 4) is 5.75 Å². The normalized spacial score (nSPS) is 11.5. The first-order chi connectivity index (χ1) is 9.92. The number of amides is 1. The van der Waals surface area contributed by atoms with E-state index in [1.54, 1.807) is 12.1 Å². The van der Waals surface area contributed by atoms with Crippen LogP contribution in [-0.2, 0) is 25.5 Å². The van der Waals surface area contributed by atoms with Crippen molar-refractivity contribution in [2.75, 3.05) is 7.11 Å². The van der Waals surface area contributed by atoms with E-state index in [1.165, 1.54) is 19.2 Å². The Bertz CT molecular complexity index is 511. The van der Waals surface area contributed by atoms with E-state index in [0.29, 0.717) is 5.56 Å². The maximum atomic E-state index is 11.6. The molecule has 1 rings (SSSR count). The predicted octanol–water partition coefficient (Wildman–Crippen LogP) is 0.457. The zero-order chi connectivity index (χ0) is 15.8. The summed E-state index contributed by atoms with van der Waals surface area (Å²) in [4.78, 5) is 33.7. The molecule has 0 bridgehead atoms. The van der Waals surface area contributed by atoms with Crippen LogP contribution in [0.25, 0.3) is 0 Å². The Labute approximate surface area is 121 Å². The van der Waals surface area contributed by atoms with Crippen LogP contribution >= 0.6 is 0 Å². The summed E-state index contributed by atoms with van der Waals surface area (Å²) < 4.78 is 4.40. The van der Waals surface area contributed by atoms with E-state index in [4.69, 9.17) is 10.2 Å². The molecular formula is C14H17NO6. The van der Waals surface area contributed by atoms with Crippen LogP contribution in [0.5, 0.6) is 5.75 Å². The number of hydrogen-bond acceptors (Lipinski definition) is 5. The number of carbonyl (C=O) groups excluding carboxylic acids is 2. The number of hydrogen-bond donors (Lipinski definition) is 3. The number of nitrogens with one attached hydrogen (secondary N) is 1. The van der Waals surface area contributed by atoms with Gasteiger partial charge in [-0.25, -0.2) is 4.79 Å². The number of rotatable bonds is 7. The summed E-state index contributed by atoms with van der Waals surface area (Å²) in [6.07, 6.45) is -0.153. The molecule has 1 amide bonds. The average molecular weight is 295 g/mol. The minimum atomic E-state index is -1.17. The van der Waals surface area contributed by atoms with Gasteiger partial charge in [-0.15, -0.1) is 0 Å². The van der Waals surface area contributed by atoms with Crippen molar-refractivity contribution in [3.05, 3.63) is 29.8 Å². The quantitative estimate of drug-likeness (QED) is 0.630. The number of aromatic hydroxyl groups is 1. The van der Waals surface area contributed by atoms with Crippen LogP contribution in [0.1, 0.15) is 18.4 Å². The maximum absolute atomic E-state index is 11.6. The van der Waals surface area contributed by atoms with Gasteiger partial charge in [-0.05, 0) is 17.7 Å². The first-order valence-electron chi connectivity index (χ1n) is 6.29. The molecule has 0 spiro atoms. The number of esters is 1. The van der Waals surface area contributed by atoms with Gasteiger partial charge in [0, 0.05) is 12.8 Å². The van der Waals surface area contributed by atoms with Crippen LogP contribution in [0.3, 0.4) is 0 Å². The lowest BCUT2D eigenvalue weighted by molar-refractivity contribution is -0.143. The number of phenols is 1. The fraction of sp³-hybridized carbons (Fsp3) is 0.357. The molecule has 21 heavy (non-hydrogen) atoms. The summed E-state index contributed by atoms with van der Waals surface area (Å²) in [5.74, 6) is -2.16. The topological polar surface area (TPSA) is 113 Å². The number of aliphatic carboxylic acids is 1. The zero-order valence-corrected chi connectivity index (χ0v) is 11.5. The second kappa shape index (κ2) is 7.88. The Balaban J connectivity index is 2.57. The van der Waals surface area contributed by atoms with Crippen molar-refractivity contribution in [1.29, 1.82) is 0 Å². The van der Waals surface area contributed by atoms with Crippen molar-refractivity contribution < 1.29 is 29.3 Å². The molecule has 0 fully saturated rings.